The lowest BCUT2D eigenvalue weighted by Gasteiger charge is -2.11. The Balaban J connectivity index is 3.21. The van der Waals surface area contributed by atoms with Gasteiger partial charge in [-0.15, -0.1) is 0 Å². The van der Waals surface area contributed by atoms with Crippen LogP contribution in [0.4, 0.5) is 0 Å². The molecule has 2 heteroatoms. The summed E-state index contributed by atoms with van der Waals surface area (Å²) in [6.07, 6.45) is 5.20. The molecule has 0 saturated carbocycles. The van der Waals surface area contributed by atoms with Crippen LogP contribution in [0.5, 0.6) is 0 Å². The Morgan fingerprint density at radius 3 is 2.50 bits per heavy atom. The van der Waals surface area contributed by atoms with Crippen LogP contribution < -0.4 is 0 Å². The van der Waals surface area contributed by atoms with Crippen LogP contribution in [0, 0.1) is 5.92 Å². The highest BCUT2D eigenvalue weighted by atomic mass is 31.0. The number of hydrogen-bond acceptors (Lipinski definition) is 1. The van der Waals surface area contributed by atoms with Crippen LogP contribution in [0.15, 0.2) is 0 Å². The van der Waals surface area contributed by atoms with Crippen molar-refractivity contribution in [1.29, 1.82) is 0 Å². The van der Waals surface area contributed by atoms with E-state index in [1.165, 1.54) is 25.7 Å². The van der Waals surface area contributed by atoms with Gasteiger partial charge in [-0.05, 0) is 12.3 Å². The molecule has 0 heterocycles. The van der Waals surface area contributed by atoms with E-state index >= 15 is 0 Å². The van der Waals surface area contributed by atoms with Gasteiger partial charge in [-0.3, -0.25) is 0 Å². The quantitative estimate of drug-likeness (QED) is 0.545. The summed E-state index contributed by atoms with van der Waals surface area (Å²) in [5.74, 6) is 0.775. The summed E-state index contributed by atoms with van der Waals surface area (Å²) in [5.41, 5.74) is 0. The summed E-state index contributed by atoms with van der Waals surface area (Å²) in [6, 6.07) is 0. The highest BCUT2D eigenvalue weighted by Gasteiger charge is 2.03. The number of rotatable bonds is 6. The fourth-order valence-corrected chi connectivity index (χ4v) is 1.31. The van der Waals surface area contributed by atoms with Crippen LogP contribution in [0.3, 0.4) is 0 Å². The molecule has 10 heavy (non-hydrogen) atoms. The highest BCUT2D eigenvalue weighted by Crippen LogP contribution is 2.13. The molecule has 0 rings (SSSR count). The van der Waals surface area contributed by atoms with E-state index < -0.39 is 0 Å². The van der Waals surface area contributed by atoms with Crippen LogP contribution in [-0.2, 0) is 4.52 Å². The summed E-state index contributed by atoms with van der Waals surface area (Å²) in [6.45, 7) is 5.36. The van der Waals surface area contributed by atoms with Crippen LogP contribution in [0.25, 0.3) is 0 Å². The number of unbranched alkanes of at least 4 members (excludes halogenated alkanes) is 1. The van der Waals surface area contributed by atoms with Crippen molar-refractivity contribution in [2.45, 2.75) is 39.5 Å². The predicted octanol–water partition coefficient (Wildman–Crippen LogP) is 3.01. The van der Waals surface area contributed by atoms with Crippen molar-refractivity contribution in [1.82, 2.24) is 0 Å². The molecule has 0 aromatic carbocycles. The van der Waals surface area contributed by atoms with E-state index in [-0.39, 0.29) is 0 Å². The zero-order chi connectivity index (χ0) is 7.82. The normalized spacial score (nSPS) is 13.5. The first-order chi connectivity index (χ1) is 4.85. The van der Waals surface area contributed by atoms with E-state index in [1.54, 1.807) is 0 Å². The van der Waals surface area contributed by atoms with Gasteiger partial charge in [-0.25, -0.2) is 0 Å². The molecule has 0 spiro atoms. The van der Waals surface area contributed by atoms with Crippen molar-refractivity contribution < 1.29 is 4.52 Å². The van der Waals surface area contributed by atoms with Crippen molar-refractivity contribution in [3.05, 3.63) is 0 Å². The highest BCUT2D eigenvalue weighted by molar-refractivity contribution is 7.09. The molecule has 0 aromatic heterocycles. The minimum absolute atomic E-state index is 0.775. The molecular formula is C8H19OP. The molecule has 0 saturated heterocycles. The maximum atomic E-state index is 5.01. The molecule has 2 atom stereocenters. The summed E-state index contributed by atoms with van der Waals surface area (Å²) in [7, 11) is 2.32. The van der Waals surface area contributed by atoms with Gasteiger partial charge in [0.2, 0.25) is 0 Å². The van der Waals surface area contributed by atoms with E-state index in [9.17, 15) is 0 Å². The second kappa shape index (κ2) is 7.50. The summed E-state index contributed by atoms with van der Waals surface area (Å²) in [5, 5.41) is 0. The minimum Gasteiger partial charge on any atom is -0.365 e. The van der Waals surface area contributed by atoms with Crippen LogP contribution in [0.1, 0.15) is 39.5 Å². The lowest BCUT2D eigenvalue weighted by Crippen LogP contribution is -2.04. The Morgan fingerprint density at radius 1 is 1.40 bits per heavy atom. The molecule has 2 unspecified atom stereocenters. The van der Waals surface area contributed by atoms with Crippen molar-refractivity contribution in [2.75, 3.05) is 6.61 Å². The van der Waals surface area contributed by atoms with E-state index in [2.05, 4.69) is 23.3 Å². The number of hydrogen-bond donors (Lipinski definition) is 0. The molecule has 0 aliphatic rings. The lowest BCUT2D eigenvalue weighted by molar-refractivity contribution is 0.265. The fraction of sp³-hybridized carbons (Fsp3) is 1.00. The van der Waals surface area contributed by atoms with Gasteiger partial charge < -0.3 is 4.52 Å². The topological polar surface area (TPSA) is 9.23 Å². The van der Waals surface area contributed by atoms with Gasteiger partial charge >= 0.3 is 0 Å². The predicted molar refractivity (Wildman–Crippen MR) is 49.0 cm³/mol. The van der Waals surface area contributed by atoms with Crippen LogP contribution in [0.2, 0.25) is 0 Å². The molecule has 0 aliphatic heterocycles. The Labute approximate surface area is 66.8 Å². The molecule has 0 aliphatic carbocycles. The van der Waals surface area contributed by atoms with E-state index in [1.807, 2.05) is 0 Å². The van der Waals surface area contributed by atoms with Gasteiger partial charge in [0.1, 0.15) is 0 Å². The maximum absolute atomic E-state index is 5.01. The van der Waals surface area contributed by atoms with E-state index in [4.69, 9.17) is 4.52 Å². The second-order valence-electron chi connectivity index (χ2n) is 2.75. The molecule has 0 aromatic rings. The average molecular weight is 162 g/mol. The Morgan fingerprint density at radius 2 is 2.10 bits per heavy atom. The Hall–Kier alpha value is 0.390. The zero-order valence-corrected chi connectivity index (χ0v) is 8.25. The van der Waals surface area contributed by atoms with Gasteiger partial charge in [0, 0.05) is 9.47 Å². The summed E-state index contributed by atoms with van der Waals surface area (Å²) in [4.78, 5) is 0. The average Bonchev–Trinajstić information content (AvgIpc) is 1.98. The first-order valence-electron chi connectivity index (χ1n) is 4.16. The lowest BCUT2D eigenvalue weighted by atomic mass is 10.0. The molecule has 0 N–H and O–H groups in total. The molecule has 0 fully saturated rings. The molecule has 1 nitrogen and oxygen atoms in total. The standard InChI is InChI=1S/C8H19OP/c1-3-5-6-8(4-2)7-9-10/h8H,3-7,10H2,1-2H3. The van der Waals surface area contributed by atoms with Crippen molar-refractivity contribution in [3.8, 4) is 0 Å². The molecule has 0 amide bonds. The maximum Gasteiger partial charge on any atom is 0.0530 e. The SMILES string of the molecule is CCCCC(CC)COP. The first kappa shape index (κ1) is 10.4. The molecule has 0 bridgehead atoms. The summed E-state index contributed by atoms with van der Waals surface area (Å²) < 4.78 is 5.01. The Bertz CT molecular complexity index is 66.3. The zero-order valence-electron chi connectivity index (χ0n) is 7.10. The molecule has 62 valence electrons. The minimum atomic E-state index is 0.775. The third-order valence-electron chi connectivity index (χ3n) is 1.88. The monoisotopic (exact) mass is 162 g/mol. The van der Waals surface area contributed by atoms with Crippen molar-refractivity contribution >= 4 is 9.47 Å². The van der Waals surface area contributed by atoms with Crippen molar-refractivity contribution in [3.63, 3.8) is 0 Å². The van der Waals surface area contributed by atoms with E-state index in [0.29, 0.717) is 0 Å². The largest absolute Gasteiger partial charge is 0.365 e. The first-order valence-corrected chi connectivity index (χ1v) is 4.63. The summed E-state index contributed by atoms with van der Waals surface area (Å²) >= 11 is 0. The third-order valence-corrected chi connectivity index (χ3v) is 2.07. The van der Waals surface area contributed by atoms with Gasteiger partial charge in [-0.1, -0.05) is 33.1 Å². The van der Waals surface area contributed by atoms with Gasteiger partial charge in [-0.2, -0.15) is 0 Å². The third kappa shape index (κ3) is 5.20. The van der Waals surface area contributed by atoms with Crippen LogP contribution >= 0.6 is 9.47 Å². The second-order valence-corrected chi connectivity index (χ2v) is 3.08. The Kier molecular flexibility index (Phi) is 7.79. The van der Waals surface area contributed by atoms with Gasteiger partial charge in [0.15, 0.2) is 0 Å². The fourth-order valence-electron chi connectivity index (χ4n) is 1.03. The van der Waals surface area contributed by atoms with Crippen molar-refractivity contribution in [2.24, 2.45) is 5.92 Å². The van der Waals surface area contributed by atoms with Gasteiger partial charge in [0.05, 0.1) is 6.61 Å². The molecular weight excluding hydrogens is 143 g/mol. The van der Waals surface area contributed by atoms with Crippen LogP contribution in [-0.4, -0.2) is 6.61 Å². The van der Waals surface area contributed by atoms with E-state index in [0.717, 1.165) is 12.5 Å². The smallest absolute Gasteiger partial charge is 0.0530 e. The van der Waals surface area contributed by atoms with Gasteiger partial charge in [0.25, 0.3) is 0 Å². The molecule has 0 radical (unpaired) electrons.